The number of alkyl halides is 2. The highest BCUT2D eigenvalue weighted by atomic mass is 19.3. The zero-order valence-electron chi connectivity index (χ0n) is 7.81. The van der Waals surface area contributed by atoms with Gasteiger partial charge in [-0.1, -0.05) is 0 Å². The molecule has 0 aliphatic carbocycles. The summed E-state index contributed by atoms with van der Waals surface area (Å²) in [6, 6.07) is -0.749. The molecular formula is C8H17F2NO. The average Bonchev–Trinajstić information content (AvgIpc) is 1.97. The normalized spacial score (nSPS) is 14.2. The van der Waals surface area contributed by atoms with E-state index in [-0.39, 0.29) is 6.10 Å². The summed E-state index contributed by atoms with van der Waals surface area (Å²) in [5.74, 6) is 0. The SMILES string of the molecule is CC(C)OCCNC(C)C(F)F. The van der Waals surface area contributed by atoms with E-state index in [2.05, 4.69) is 5.32 Å². The van der Waals surface area contributed by atoms with Crippen molar-refractivity contribution in [3.8, 4) is 0 Å². The van der Waals surface area contributed by atoms with E-state index in [0.29, 0.717) is 13.2 Å². The predicted molar refractivity (Wildman–Crippen MR) is 44.6 cm³/mol. The van der Waals surface area contributed by atoms with Crippen molar-refractivity contribution in [2.75, 3.05) is 13.2 Å². The molecule has 2 nitrogen and oxygen atoms in total. The van der Waals surface area contributed by atoms with Gasteiger partial charge in [-0.05, 0) is 20.8 Å². The summed E-state index contributed by atoms with van der Waals surface area (Å²) in [5, 5.41) is 2.66. The van der Waals surface area contributed by atoms with E-state index in [1.807, 2.05) is 13.8 Å². The van der Waals surface area contributed by atoms with Gasteiger partial charge in [-0.25, -0.2) is 8.78 Å². The molecule has 74 valence electrons. The third-order valence-electron chi connectivity index (χ3n) is 1.40. The Morgan fingerprint density at radius 2 is 1.83 bits per heavy atom. The Morgan fingerprint density at radius 1 is 1.25 bits per heavy atom. The van der Waals surface area contributed by atoms with Crippen molar-refractivity contribution in [1.82, 2.24) is 5.32 Å². The van der Waals surface area contributed by atoms with Gasteiger partial charge in [0.2, 0.25) is 0 Å². The molecule has 0 bridgehead atoms. The first-order chi connectivity index (χ1) is 5.54. The van der Waals surface area contributed by atoms with Gasteiger partial charge in [0, 0.05) is 6.54 Å². The van der Waals surface area contributed by atoms with Gasteiger partial charge in [0.05, 0.1) is 18.8 Å². The van der Waals surface area contributed by atoms with E-state index < -0.39 is 12.5 Å². The van der Waals surface area contributed by atoms with Gasteiger partial charge in [-0.2, -0.15) is 0 Å². The van der Waals surface area contributed by atoms with Crippen LogP contribution >= 0.6 is 0 Å². The molecule has 0 aliphatic rings. The maximum absolute atomic E-state index is 11.9. The highest BCUT2D eigenvalue weighted by Gasteiger charge is 2.12. The first-order valence-electron chi connectivity index (χ1n) is 4.17. The van der Waals surface area contributed by atoms with Crippen LogP contribution in [-0.4, -0.2) is 31.7 Å². The number of hydrogen-bond donors (Lipinski definition) is 1. The van der Waals surface area contributed by atoms with Crippen LogP contribution in [0.5, 0.6) is 0 Å². The Labute approximate surface area is 72.3 Å². The maximum Gasteiger partial charge on any atom is 0.253 e. The van der Waals surface area contributed by atoms with Crippen molar-refractivity contribution in [3.63, 3.8) is 0 Å². The molecule has 0 saturated heterocycles. The fraction of sp³-hybridized carbons (Fsp3) is 1.00. The summed E-state index contributed by atoms with van der Waals surface area (Å²) in [6.07, 6.45) is -2.14. The minimum Gasteiger partial charge on any atom is -0.377 e. The van der Waals surface area contributed by atoms with Crippen molar-refractivity contribution in [2.24, 2.45) is 0 Å². The Hall–Kier alpha value is -0.220. The predicted octanol–water partition coefficient (Wildman–Crippen LogP) is 1.65. The summed E-state index contributed by atoms with van der Waals surface area (Å²) in [4.78, 5) is 0. The van der Waals surface area contributed by atoms with E-state index in [1.54, 1.807) is 0 Å². The summed E-state index contributed by atoms with van der Waals surface area (Å²) in [5.41, 5.74) is 0. The molecule has 0 saturated carbocycles. The van der Waals surface area contributed by atoms with Crippen molar-refractivity contribution < 1.29 is 13.5 Å². The molecule has 4 heteroatoms. The third kappa shape index (κ3) is 6.49. The van der Waals surface area contributed by atoms with Gasteiger partial charge in [-0.15, -0.1) is 0 Å². The standard InChI is InChI=1S/C8H17F2NO/c1-6(2)12-5-4-11-7(3)8(9)10/h6-8,11H,4-5H2,1-3H3. The molecule has 1 unspecified atom stereocenters. The second kappa shape index (κ2) is 6.31. The van der Waals surface area contributed by atoms with Crippen LogP contribution in [0.1, 0.15) is 20.8 Å². The van der Waals surface area contributed by atoms with E-state index in [9.17, 15) is 8.78 Å². The fourth-order valence-corrected chi connectivity index (χ4v) is 0.670. The molecule has 1 N–H and O–H groups in total. The van der Waals surface area contributed by atoms with E-state index in [0.717, 1.165) is 0 Å². The van der Waals surface area contributed by atoms with E-state index in [1.165, 1.54) is 6.92 Å². The smallest absolute Gasteiger partial charge is 0.253 e. The zero-order valence-corrected chi connectivity index (χ0v) is 7.81. The first-order valence-corrected chi connectivity index (χ1v) is 4.17. The molecule has 0 rings (SSSR count). The van der Waals surface area contributed by atoms with Gasteiger partial charge in [0.25, 0.3) is 6.43 Å². The van der Waals surface area contributed by atoms with Gasteiger partial charge < -0.3 is 10.1 Å². The number of hydrogen-bond acceptors (Lipinski definition) is 2. The lowest BCUT2D eigenvalue weighted by Crippen LogP contribution is -2.35. The van der Waals surface area contributed by atoms with Crippen LogP contribution in [0.15, 0.2) is 0 Å². The minimum absolute atomic E-state index is 0.161. The second-order valence-corrected chi connectivity index (χ2v) is 3.00. The summed E-state index contributed by atoms with van der Waals surface area (Å²) >= 11 is 0. The quantitative estimate of drug-likeness (QED) is 0.629. The van der Waals surface area contributed by atoms with Crippen molar-refractivity contribution in [2.45, 2.75) is 39.3 Å². The van der Waals surface area contributed by atoms with Gasteiger partial charge in [-0.3, -0.25) is 0 Å². The Bertz CT molecular complexity index is 109. The lowest BCUT2D eigenvalue weighted by molar-refractivity contribution is 0.0672. The van der Waals surface area contributed by atoms with Crippen molar-refractivity contribution in [3.05, 3.63) is 0 Å². The highest BCUT2D eigenvalue weighted by molar-refractivity contribution is 4.61. The van der Waals surface area contributed by atoms with Crippen LogP contribution in [0.4, 0.5) is 8.78 Å². The minimum atomic E-state index is -2.30. The van der Waals surface area contributed by atoms with Gasteiger partial charge >= 0.3 is 0 Å². The number of halogens is 2. The van der Waals surface area contributed by atoms with Crippen LogP contribution in [-0.2, 0) is 4.74 Å². The molecule has 0 aliphatic heterocycles. The van der Waals surface area contributed by atoms with Crippen LogP contribution in [0.25, 0.3) is 0 Å². The Kier molecular flexibility index (Phi) is 6.20. The molecule has 0 heterocycles. The molecule has 0 aromatic rings. The molecule has 0 fully saturated rings. The summed E-state index contributed by atoms with van der Waals surface area (Å²) < 4.78 is 29.0. The Morgan fingerprint density at radius 3 is 2.25 bits per heavy atom. The number of ether oxygens (including phenoxy) is 1. The zero-order chi connectivity index (χ0) is 9.56. The van der Waals surface area contributed by atoms with Gasteiger partial charge in [0.15, 0.2) is 0 Å². The first kappa shape index (κ1) is 11.8. The van der Waals surface area contributed by atoms with Crippen LogP contribution < -0.4 is 5.32 Å². The maximum atomic E-state index is 11.9. The van der Waals surface area contributed by atoms with E-state index >= 15 is 0 Å². The van der Waals surface area contributed by atoms with Crippen molar-refractivity contribution in [1.29, 1.82) is 0 Å². The van der Waals surface area contributed by atoms with Crippen molar-refractivity contribution >= 4 is 0 Å². The molecule has 0 spiro atoms. The number of rotatable bonds is 6. The largest absolute Gasteiger partial charge is 0.377 e. The van der Waals surface area contributed by atoms with Crippen LogP contribution in [0.2, 0.25) is 0 Å². The number of nitrogens with one attached hydrogen (secondary N) is 1. The van der Waals surface area contributed by atoms with Crippen LogP contribution in [0, 0.1) is 0 Å². The fourth-order valence-electron chi connectivity index (χ4n) is 0.670. The van der Waals surface area contributed by atoms with E-state index in [4.69, 9.17) is 4.74 Å². The highest BCUT2D eigenvalue weighted by Crippen LogP contribution is 1.98. The molecule has 0 aromatic heterocycles. The third-order valence-corrected chi connectivity index (χ3v) is 1.40. The molecule has 1 atom stereocenters. The molecule has 0 radical (unpaired) electrons. The lowest BCUT2D eigenvalue weighted by Gasteiger charge is -2.13. The van der Waals surface area contributed by atoms with Crippen LogP contribution in [0.3, 0.4) is 0 Å². The molecule has 0 amide bonds. The molecular weight excluding hydrogens is 164 g/mol. The van der Waals surface area contributed by atoms with Gasteiger partial charge in [0.1, 0.15) is 0 Å². The molecule has 12 heavy (non-hydrogen) atoms. The monoisotopic (exact) mass is 181 g/mol. The summed E-state index contributed by atoms with van der Waals surface area (Å²) in [6.45, 7) is 6.24. The lowest BCUT2D eigenvalue weighted by atomic mass is 10.3. The molecule has 0 aromatic carbocycles. The Balaban J connectivity index is 3.20. The topological polar surface area (TPSA) is 21.3 Å². The summed E-state index contributed by atoms with van der Waals surface area (Å²) in [7, 11) is 0. The second-order valence-electron chi connectivity index (χ2n) is 3.00. The average molecular weight is 181 g/mol.